The maximum atomic E-state index is 12.4. The van der Waals surface area contributed by atoms with Crippen LogP contribution in [0.25, 0.3) is 0 Å². The van der Waals surface area contributed by atoms with Crippen molar-refractivity contribution in [3.05, 3.63) is 59.2 Å². The molecule has 29 heavy (non-hydrogen) atoms. The zero-order valence-electron chi connectivity index (χ0n) is 16.9. The maximum Gasteiger partial charge on any atom is 0.277 e. The Bertz CT molecular complexity index is 982. The maximum absolute atomic E-state index is 12.4. The Morgan fingerprint density at radius 3 is 2.72 bits per heavy atom. The van der Waals surface area contributed by atoms with Gasteiger partial charge in [-0.2, -0.15) is 0 Å². The van der Waals surface area contributed by atoms with Crippen LogP contribution in [0.4, 0.5) is 11.4 Å². The number of aliphatic imine (C=N–C) groups is 2. The number of amidine groups is 1. The molecule has 0 fully saturated rings. The summed E-state index contributed by atoms with van der Waals surface area (Å²) >= 11 is 0. The molecule has 6 heteroatoms. The van der Waals surface area contributed by atoms with E-state index in [0.29, 0.717) is 12.4 Å². The van der Waals surface area contributed by atoms with Crippen molar-refractivity contribution >= 4 is 28.8 Å². The van der Waals surface area contributed by atoms with Crippen molar-refractivity contribution < 1.29 is 9.90 Å². The smallest absolute Gasteiger partial charge is 0.277 e. The summed E-state index contributed by atoms with van der Waals surface area (Å²) in [6, 6.07) is 14.6. The van der Waals surface area contributed by atoms with Gasteiger partial charge in [0.25, 0.3) is 5.91 Å². The molecule has 2 aliphatic rings. The fourth-order valence-electron chi connectivity index (χ4n) is 3.91. The Labute approximate surface area is 171 Å². The van der Waals surface area contributed by atoms with E-state index in [-0.39, 0.29) is 5.71 Å². The molecule has 0 spiro atoms. The number of benzene rings is 2. The standard InChI is InChI=1S/C23H26N4O2/c1-3-8-17-14-19-18(13-15(17)2)24-20-21(25-23(29)26-22(20)28)27(19)12-7-11-16-9-5-4-6-10-16/h4-6,9-10,13-14,23,29H,3,7-8,11-12H2,1-2H3,(H,26,28). The van der Waals surface area contributed by atoms with Crippen LogP contribution in [0.5, 0.6) is 0 Å². The molecule has 2 aromatic rings. The van der Waals surface area contributed by atoms with Gasteiger partial charge < -0.3 is 15.3 Å². The number of carbonyl (C=O) groups excluding carboxylic acids is 1. The van der Waals surface area contributed by atoms with Gasteiger partial charge in [-0.25, -0.2) is 9.98 Å². The number of carbonyl (C=O) groups is 1. The van der Waals surface area contributed by atoms with Gasteiger partial charge in [-0.1, -0.05) is 43.7 Å². The Kier molecular flexibility index (Phi) is 5.45. The van der Waals surface area contributed by atoms with Gasteiger partial charge in [0.2, 0.25) is 6.35 Å². The summed E-state index contributed by atoms with van der Waals surface area (Å²) in [5, 5.41) is 12.4. The van der Waals surface area contributed by atoms with E-state index < -0.39 is 12.3 Å². The predicted molar refractivity (Wildman–Crippen MR) is 116 cm³/mol. The van der Waals surface area contributed by atoms with Gasteiger partial charge in [0.1, 0.15) is 0 Å². The molecule has 1 atom stereocenters. The predicted octanol–water partition coefficient (Wildman–Crippen LogP) is 3.28. The Hall–Kier alpha value is -2.99. The van der Waals surface area contributed by atoms with Gasteiger partial charge in [0, 0.05) is 6.54 Å². The Balaban J connectivity index is 1.69. The normalized spacial score (nSPS) is 17.8. The molecule has 2 heterocycles. The molecule has 0 saturated carbocycles. The van der Waals surface area contributed by atoms with Crippen LogP contribution in [-0.4, -0.2) is 35.5 Å². The summed E-state index contributed by atoms with van der Waals surface area (Å²) in [7, 11) is 0. The zero-order valence-corrected chi connectivity index (χ0v) is 16.9. The summed E-state index contributed by atoms with van der Waals surface area (Å²) in [6.45, 7) is 4.94. The fourth-order valence-corrected chi connectivity index (χ4v) is 3.91. The first-order chi connectivity index (χ1) is 14.1. The minimum atomic E-state index is -1.24. The van der Waals surface area contributed by atoms with E-state index in [1.165, 1.54) is 16.7 Å². The minimum absolute atomic E-state index is 0.269. The molecule has 0 saturated heterocycles. The number of nitrogens with zero attached hydrogens (tertiary/aromatic N) is 3. The van der Waals surface area contributed by atoms with E-state index in [4.69, 9.17) is 0 Å². The van der Waals surface area contributed by atoms with Gasteiger partial charge in [-0.05, 0) is 55.0 Å². The van der Waals surface area contributed by atoms with Crippen LogP contribution in [0.15, 0.2) is 52.4 Å². The van der Waals surface area contributed by atoms with Crippen LogP contribution in [0.1, 0.15) is 36.5 Å². The number of amides is 1. The summed E-state index contributed by atoms with van der Waals surface area (Å²) < 4.78 is 0. The van der Waals surface area contributed by atoms with Crippen LogP contribution in [-0.2, 0) is 17.6 Å². The lowest BCUT2D eigenvalue weighted by atomic mass is 9.99. The number of aliphatic hydroxyl groups excluding tert-OH is 1. The molecule has 0 bridgehead atoms. The van der Waals surface area contributed by atoms with Crippen molar-refractivity contribution in [3.8, 4) is 0 Å². The van der Waals surface area contributed by atoms with E-state index in [1.807, 2.05) is 29.2 Å². The fraction of sp³-hybridized carbons (Fsp3) is 0.348. The number of anilines is 1. The molecule has 0 aromatic heterocycles. The number of hydrogen-bond acceptors (Lipinski definition) is 5. The van der Waals surface area contributed by atoms with Crippen LogP contribution >= 0.6 is 0 Å². The molecule has 2 aliphatic heterocycles. The Morgan fingerprint density at radius 2 is 1.97 bits per heavy atom. The summed E-state index contributed by atoms with van der Waals surface area (Å²) in [4.78, 5) is 23.4. The van der Waals surface area contributed by atoms with Gasteiger partial charge in [0.15, 0.2) is 11.5 Å². The average Bonchev–Trinajstić information content (AvgIpc) is 2.70. The molecule has 6 nitrogen and oxygen atoms in total. The highest BCUT2D eigenvalue weighted by Crippen LogP contribution is 2.37. The highest BCUT2D eigenvalue weighted by atomic mass is 16.3. The van der Waals surface area contributed by atoms with E-state index in [9.17, 15) is 9.90 Å². The second kappa shape index (κ2) is 8.17. The lowest BCUT2D eigenvalue weighted by molar-refractivity contribution is -0.117. The first kappa shape index (κ1) is 19.3. The molecular weight excluding hydrogens is 364 g/mol. The average molecular weight is 390 g/mol. The van der Waals surface area contributed by atoms with Crippen molar-refractivity contribution in [1.29, 1.82) is 0 Å². The number of nitrogens with one attached hydrogen (secondary N) is 1. The van der Waals surface area contributed by atoms with Crippen LogP contribution in [0.3, 0.4) is 0 Å². The second-order valence-corrected chi connectivity index (χ2v) is 7.52. The van der Waals surface area contributed by atoms with Crippen LogP contribution in [0, 0.1) is 6.92 Å². The van der Waals surface area contributed by atoms with Gasteiger partial charge in [-0.15, -0.1) is 0 Å². The van der Waals surface area contributed by atoms with Gasteiger partial charge in [-0.3, -0.25) is 4.79 Å². The molecule has 2 aromatic carbocycles. The summed E-state index contributed by atoms with van der Waals surface area (Å²) in [6.07, 6.45) is 2.63. The number of rotatable bonds is 6. The highest BCUT2D eigenvalue weighted by molar-refractivity contribution is 6.70. The molecule has 150 valence electrons. The lowest BCUT2D eigenvalue weighted by Crippen LogP contribution is -2.53. The monoisotopic (exact) mass is 390 g/mol. The SMILES string of the molecule is CCCc1cc2c(cc1C)N=C1C(=O)NC(O)N=C1N2CCCc1ccccc1. The van der Waals surface area contributed by atoms with Gasteiger partial charge in [0.05, 0.1) is 11.4 Å². The largest absolute Gasteiger partial charge is 0.355 e. The molecule has 2 N–H and O–H groups in total. The van der Waals surface area contributed by atoms with Gasteiger partial charge >= 0.3 is 0 Å². The quantitative estimate of drug-likeness (QED) is 0.795. The zero-order chi connectivity index (χ0) is 20.4. The number of aliphatic hydroxyl groups is 1. The first-order valence-corrected chi connectivity index (χ1v) is 10.2. The Morgan fingerprint density at radius 1 is 1.17 bits per heavy atom. The summed E-state index contributed by atoms with van der Waals surface area (Å²) in [5.74, 6) is 0.0598. The number of aryl methyl sites for hydroxylation is 3. The molecule has 1 unspecified atom stereocenters. The number of fused-ring (bicyclic) bond motifs is 2. The van der Waals surface area contributed by atoms with Crippen molar-refractivity contribution in [1.82, 2.24) is 5.32 Å². The third-order valence-electron chi connectivity index (χ3n) is 5.35. The van der Waals surface area contributed by atoms with Crippen LogP contribution < -0.4 is 10.2 Å². The van der Waals surface area contributed by atoms with E-state index in [1.54, 1.807) is 0 Å². The van der Waals surface area contributed by atoms with E-state index in [0.717, 1.165) is 37.1 Å². The lowest BCUT2D eigenvalue weighted by Gasteiger charge is -2.34. The molecular formula is C23H26N4O2. The van der Waals surface area contributed by atoms with Crippen molar-refractivity contribution in [2.24, 2.45) is 9.98 Å². The highest BCUT2D eigenvalue weighted by Gasteiger charge is 2.35. The topological polar surface area (TPSA) is 77.3 Å². The van der Waals surface area contributed by atoms with Crippen molar-refractivity contribution in [2.45, 2.75) is 45.9 Å². The number of hydrogen-bond donors (Lipinski definition) is 2. The summed E-state index contributed by atoms with van der Waals surface area (Å²) in [5.41, 5.74) is 5.73. The third-order valence-corrected chi connectivity index (χ3v) is 5.35. The van der Waals surface area contributed by atoms with Crippen LogP contribution in [0.2, 0.25) is 0 Å². The minimum Gasteiger partial charge on any atom is -0.355 e. The third kappa shape index (κ3) is 3.93. The first-order valence-electron chi connectivity index (χ1n) is 10.2. The van der Waals surface area contributed by atoms with E-state index >= 15 is 0 Å². The van der Waals surface area contributed by atoms with Crippen molar-refractivity contribution in [2.75, 3.05) is 11.4 Å². The molecule has 0 aliphatic carbocycles. The second-order valence-electron chi connectivity index (χ2n) is 7.52. The van der Waals surface area contributed by atoms with E-state index in [2.05, 4.69) is 47.3 Å². The molecule has 1 amide bonds. The molecule has 4 rings (SSSR count). The van der Waals surface area contributed by atoms with Crippen molar-refractivity contribution in [3.63, 3.8) is 0 Å². The molecule has 0 radical (unpaired) electrons.